The van der Waals surface area contributed by atoms with Crippen LogP contribution in [0.25, 0.3) is 0 Å². The highest BCUT2D eigenvalue weighted by molar-refractivity contribution is 7.86. The molecule has 0 aliphatic rings. The standard InChI is InChI=1S/C9H12N2O5S/c1-16-5-9(12)11-6-2-3-8(7(10)4-6)17(13,14)15/h2-4H,5,10H2,1H3,(H,11,12)(H,13,14,15). The van der Waals surface area contributed by atoms with Crippen LogP contribution in [-0.4, -0.2) is 32.6 Å². The quantitative estimate of drug-likeness (QED) is 0.522. The van der Waals surface area contributed by atoms with E-state index in [1.165, 1.54) is 19.2 Å². The van der Waals surface area contributed by atoms with Gasteiger partial charge in [0, 0.05) is 12.8 Å². The Labute approximate surface area is 98.3 Å². The zero-order valence-corrected chi connectivity index (χ0v) is 9.82. The number of carbonyl (C=O) groups excluding carboxylic acids is 1. The maximum Gasteiger partial charge on any atom is 0.296 e. The molecule has 17 heavy (non-hydrogen) atoms. The van der Waals surface area contributed by atoms with Crippen LogP contribution in [0.2, 0.25) is 0 Å². The van der Waals surface area contributed by atoms with Crippen LogP contribution in [0.4, 0.5) is 11.4 Å². The lowest BCUT2D eigenvalue weighted by atomic mass is 10.3. The highest BCUT2D eigenvalue weighted by atomic mass is 32.2. The molecule has 0 saturated heterocycles. The summed E-state index contributed by atoms with van der Waals surface area (Å²) in [6.07, 6.45) is 0. The van der Waals surface area contributed by atoms with Gasteiger partial charge >= 0.3 is 0 Å². The highest BCUT2D eigenvalue weighted by Crippen LogP contribution is 2.22. The lowest BCUT2D eigenvalue weighted by Gasteiger charge is -2.07. The normalized spacial score (nSPS) is 11.2. The minimum Gasteiger partial charge on any atom is -0.398 e. The van der Waals surface area contributed by atoms with Gasteiger partial charge in [-0.3, -0.25) is 9.35 Å². The molecule has 0 fully saturated rings. The lowest BCUT2D eigenvalue weighted by molar-refractivity contribution is -0.119. The molecule has 0 atom stereocenters. The fourth-order valence-corrected chi connectivity index (χ4v) is 1.79. The van der Waals surface area contributed by atoms with Crippen molar-refractivity contribution in [1.82, 2.24) is 0 Å². The molecule has 94 valence electrons. The van der Waals surface area contributed by atoms with Crippen molar-refractivity contribution in [2.45, 2.75) is 4.90 Å². The summed E-state index contributed by atoms with van der Waals surface area (Å²) in [4.78, 5) is 10.8. The van der Waals surface area contributed by atoms with Crippen molar-refractivity contribution < 1.29 is 22.5 Å². The number of hydrogen-bond acceptors (Lipinski definition) is 5. The Bertz CT molecular complexity index is 526. The molecule has 1 aromatic carbocycles. The minimum atomic E-state index is -4.35. The molecular weight excluding hydrogens is 248 g/mol. The van der Waals surface area contributed by atoms with E-state index in [4.69, 9.17) is 10.3 Å². The van der Waals surface area contributed by atoms with Gasteiger partial charge < -0.3 is 15.8 Å². The van der Waals surface area contributed by atoms with Gasteiger partial charge in [-0.2, -0.15) is 8.42 Å². The summed E-state index contributed by atoms with van der Waals surface area (Å²) in [6.45, 7) is -0.125. The molecule has 0 unspecified atom stereocenters. The van der Waals surface area contributed by atoms with Crippen molar-refractivity contribution in [3.8, 4) is 0 Å². The molecule has 4 N–H and O–H groups in total. The number of nitrogens with one attached hydrogen (secondary N) is 1. The zero-order valence-electron chi connectivity index (χ0n) is 9.00. The number of anilines is 2. The summed E-state index contributed by atoms with van der Waals surface area (Å²) in [7, 11) is -2.98. The van der Waals surface area contributed by atoms with Crippen molar-refractivity contribution in [2.24, 2.45) is 0 Å². The third-order valence-corrected chi connectivity index (χ3v) is 2.77. The van der Waals surface area contributed by atoms with Crippen LogP contribution in [0.1, 0.15) is 0 Å². The maximum atomic E-state index is 11.2. The van der Waals surface area contributed by atoms with E-state index in [9.17, 15) is 13.2 Å². The van der Waals surface area contributed by atoms with Crippen molar-refractivity contribution in [1.29, 1.82) is 0 Å². The number of hydrogen-bond donors (Lipinski definition) is 3. The van der Waals surface area contributed by atoms with Crippen LogP contribution in [0.3, 0.4) is 0 Å². The molecule has 1 amide bonds. The third kappa shape index (κ3) is 3.70. The van der Waals surface area contributed by atoms with E-state index in [-0.39, 0.29) is 12.3 Å². The van der Waals surface area contributed by atoms with Gasteiger partial charge in [0.1, 0.15) is 11.5 Å². The van der Waals surface area contributed by atoms with Gasteiger partial charge in [-0.05, 0) is 18.2 Å². The van der Waals surface area contributed by atoms with Gasteiger partial charge in [0.25, 0.3) is 10.1 Å². The molecule has 1 aromatic rings. The SMILES string of the molecule is COCC(=O)Nc1ccc(S(=O)(=O)O)c(N)c1. The molecule has 0 spiro atoms. The van der Waals surface area contributed by atoms with E-state index in [2.05, 4.69) is 10.1 Å². The number of carbonyl (C=O) groups is 1. The lowest BCUT2D eigenvalue weighted by Crippen LogP contribution is -2.17. The predicted molar refractivity (Wildman–Crippen MR) is 61.2 cm³/mol. The monoisotopic (exact) mass is 260 g/mol. The van der Waals surface area contributed by atoms with Crippen LogP contribution < -0.4 is 11.1 Å². The van der Waals surface area contributed by atoms with E-state index in [0.29, 0.717) is 5.69 Å². The second-order valence-corrected chi connectivity index (χ2v) is 4.60. The molecule has 0 aliphatic heterocycles. The first-order chi connectivity index (χ1) is 7.84. The minimum absolute atomic E-state index is 0.125. The number of nitrogens with two attached hydrogens (primary N) is 1. The second kappa shape index (κ2) is 5.13. The molecule has 8 heteroatoms. The molecule has 0 radical (unpaired) electrons. The smallest absolute Gasteiger partial charge is 0.296 e. The fourth-order valence-electron chi connectivity index (χ4n) is 1.19. The third-order valence-electron chi connectivity index (χ3n) is 1.85. The largest absolute Gasteiger partial charge is 0.398 e. The van der Waals surface area contributed by atoms with Gasteiger partial charge in [0.15, 0.2) is 0 Å². The summed E-state index contributed by atoms with van der Waals surface area (Å²) in [6, 6.07) is 3.65. The van der Waals surface area contributed by atoms with Gasteiger partial charge in [0.05, 0.1) is 5.69 Å². The molecule has 0 aromatic heterocycles. The van der Waals surface area contributed by atoms with E-state index >= 15 is 0 Å². The van der Waals surface area contributed by atoms with Crippen LogP contribution in [0.5, 0.6) is 0 Å². The summed E-state index contributed by atoms with van der Waals surface area (Å²) in [5, 5.41) is 2.44. The van der Waals surface area contributed by atoms with E-state index in [1.807, 2.05) is 0 Å². The zero-order chi connectivity index (χ0) is 13.1. The molecular formula is C9H12N2O5S. The molecule has 1 rings (SSSR count). The van der Waals surface area contributed by atoms with Gasteiger partial charge in [-0.1, -0.05) is 0 Å². The Kier molecular flexibility index (Phi) is 4.05. The van der Waals surface area contributed by atoms with Crippen LogP contribution in [0, 0.1) is 0 Å². The second-order valence-electron chi connectivity index (χ2n) is 3.21. The number of nitrogen functional groups attached to an aromatic ring is 1. The Hall–Kier alpha value is -1.64. The maximum absolute atomic E-state index is 11.2. The van der Waals surface area contributed by atoms with Gasteiger partial charge in [0.2, 0.25) is 5.91 Å². The Morgan fingerprint density at radius 1 is 1.53 bits per heavy atom. The Morgan fingerprint density at radius 3 is 2.65 bits per heavy atom. The fraction of sp³-hybridized carbons (Fsp3) is 0.222. The molecule has 7 nitrogen and oxygen atoms in total. The topological polar surface area (TPSA) is 119 Å². The first kappa shape index (κ1) is 13.4. The number of rotatable bonds is 4. The molecule has 0 aliphatic carbocycles. The summed E-state index contributed by atoms with van der Waals surface area (Å²) >= 11 is 0. The number of ether oxygens (including phenoxy) is 1. The van der Waals surface area contributed by atoms with Crippen molar-refractivity contribution in [3.63, 3.8) is 0 Å². The summed E-state index contributed by atoms with van der Waals surface area (Å²) in [5.41, 5.74) is 5.60. The number of benzene rings is 1. The summed E-state index contributed by atoms with van der Waals surface area (Å²) < 4.78 is 35.1. The van der Waals surface area contributed by atoms with Crippen LogP contribution in [0.15, 0.2) is 23.1 Å². The van der Waals surface area contributed by atoms with Gasteiger partial charge in [-0.15, -0.1) is 0 Å². The first-order valence-corrected chi connectivity index (χ1v) is 5.94. The van der Waals surface area contributed by atoms with Crippen molar-refractivity contribution in [2.75, 3.05) is 24.8 Å². The molecule has 0 heterocycles. The van der Waals surface area contributed by atoms with Crippen LogP contribution >= 0.6 is 0 Å². The van der Waals surface area contributed by atoms with Gasteiger partial charge in [-0.25, -0.2) is 0 Å². The first-order valence-electron chi connectivity index (χ1n) is 4.50. The van der Waals surface area contributed by atoms with Crippen molar-refractivity contribution in [3.05, 3.63) is 18.2 Å². The average molecular weight is 260 g/mol. The van der Waals surface area contributed by atoms with E-state index in [0.717, 1.165) is 6.07 Å². The average Bonchev–Trinajstić information content (AvgIpc) is 2.15. The van der Waals surface area contributed by atoms with Crippen molar-refractivity contribution >= 4 is 27.4 Å². The Balaban J connectivity index is 2.94. The van der Waals surface area contributed by atoms with E-state index < -0.39 is 20.9 Å². The number of amides is 1. The van der Waals surface area contributed by atoms with E-state index in [1.54, 1.807) is 0 Å². The molecule has 0 bridgehead atoms. The molecule has 0 saturated carbocycles. The Morgan fingerprint density at radius 2 is 2.18 bits per heavy atom. The summed E-state index contributed by atoms with van der Waals surface area (Å²) in [5.74, 6) is -0.397. The predicted octanol–water partition coefficient (Wildman–Crippen LogP) is 0.100. The number of methoxy groups -OCH3 is 1. The highest BCUT2D eigenvalue weighted by Gasteiger charge is 2.14. The van der Waals surface area contributed by atoms with Crippen LogP contribution in [-0.2, 0) is 19.6 Å².